The smallest absolute Gasteiger partial charge is 0.0278 e. The Kier molecular flexibility index (Phi) is 3.69. The standard InChI is InChI=1S/C9H23N3/c1-8(2,6-10)12(5)9(3,4)7-11/h6-7,10-11H2,1-5H3. The predicted molar refractivity (Wildman–Crippen MR) is 54.0 cm³/mol. The summed E-state index contributed by atoms with van der Waals surface area (Å²) in [6, 6.07) is 0. The minimum Gasteiger partial charge on any atom is -0.329 e. The first-order valence-corrected chi connectivity index (χ1v) is 4.42. The maximum absolute atomic E-state index is 5.68. The summed E-state index contributed by atoms with van der Waals surface area (Å²) < 4.78 is 0. The molecular weight excluding hydrogens is 150 g/mol. The van der Waals surface area contributed by atoms with Gasteiger partial charge >= 0.3 is 0 Å². The van der Waals surface area contributed by atoms with Gasteiger partial charge in [-0.1, -0.05) is 0 Å². The van der Waals surface area contributed by atoms with Crippen molar-refractivity contribution in [2.45, 2.75) is 38.8 Å². The second-order valence-electron chi connectivity index (χ2n) is 4.59. The van der Waals surface area contributed by atoms with Crippen LogP contribution in [0.25, 0.3) is 0 Å². The number of rotatable bonds is 4. The molecule has 0 aromatic rings. The van der Waals surface area contributed by atoms with Crippen molar-refractivity contribution in [1.82, 2.24) is 4.90 Å². The maximum atomic E-state index is 5.68. The van der Waals surface area contributed by atoms with Crippen molar-refractivity contribution in [3.05, 3.63) is 0 Å². The Morgan fingerprint density at radius 1 is 0.917 bits per heavy atom. The first kappa shape index (κ1) is 11.9. The fraction of sp³-hybridized carbons (Fsp3) is 1.00. The summed E-state index contributed by atoms with van der Waals surface area (Å²) in [5.74, 6) is 0. The van der Waals surface area contributed by atoms with Gasteiger partial charge in [0.05, 0.1) is 0 Å². The molecule has 0 rings (SSSR count). The van der Waals surface area contributed by atoms with Gasteiger partial charge in [-0.2, -0.15) is 0 Å². The summed E-state index contributed by atoms with van der Waals surface area (Å²) in [4.78, 5) is 2.24. The fourth-order valence-corrected chi connectivity index (χ4v) is 1.09. The molecule has 0 amide bonds. The zero-order chi connectivity index (χ0) is 9.99. The van der Waals surface area contributed by atoms with Crippen LogP contribution in [0.15, 0.2) is 0 Å². The molecular formula is C9H23N3. The molecule has 0 saturated heterocycles. The highest BCUT2D eigenvalue weighted by Gasteiger charge is 2.32. The Labute approximate surface area is 76.1 Å². The van der Waals surface area contributed by atoms with Crippen LogP contribution < -0.4 is 11.5 Å². The Balaban J connectivity index is 4.47. The fourth-order valence-electron chi connectivity index (χ4n) is 1.09. The van der Waals surface area contributed by atoms with E-state index >= 15 is 0 Å². The Morgan fingerprint density at radius 3 is 1.33 bits per heavy atom. The lowest BCUT2D eigenvalue weighted by Crippen LogP contribution is -2.59. The molecule has 3 heteroatoms. The van der Waals surface area contributed by atoms with E-state index in [0.29, 0.717) is 13.1 Å². The molecule has 0 aliphatic rings. The van der Waals surface area contributed by atoms with Crippen LogP contribution in [0, 0.1) is 0 Å². The quantitative estimate of drug-likeness (QED) is 0.647. The predicted octanol–water partition coefficient (Wildman–Crippen LogP) is 0.393. The van der Waals surface area contributed by atoms with Crippen molar-refractivity contribution in [2.75, 3.05) is 20.1 Å². The summed E-state index contributed by atoms with van der Waals surface area (Å²) in [5.41, 5.74) is 11.4. The van der Waals surface area contributed by atoms with Crippen molar-refractivity contribution < 1.29 is 0 Å². The van der Waals surface area contributed by atoms with E-state index in [1.54, 1.807) is 0 Å². The van der Waals surface area contributed by atoms with Crippen molar-refractivity contribution in [3.8, 4) is 0 Å². The van der Waals surface area contributed by atoms with Crippen LogP contribution in [0.2, 0.25) is 0 Å². The molecule has 0 atom stereocenters. The third kappa shape index (κ3) is 2.44. The molecule has 0 aromatic carbocycles. The van der Waals surface area contributed by atoms with Gasteiger partial charge in [-0.15, -0.1) is 0 Å². The lowest BCUT2D eigenvalue weighted by Gasteiger charge is -2.45. The molecule has 0 saturated carbocycles. The van der Waals surface area contributed by atoms with E-state index in [4.69, 9.17) is 11.5 Å². The molecule has 74 valence electrons. The van der Waals surface area contributed by atoms with Crippen LogP contribution in [0.5, 0.6) is 0 Å². The molecule has 0 fully saturated rings. The highest BCUT2D eigenvalue weighted by atomic mass is 15.2. The van der Waals surface area contributed by atoms with Crippen molar-refractivity contribution in [3.63, 3.8) is 0 Å². The number of nitrogens with zero attached hydrogens (tertiary/aromatic N) is 1. The zero-order valence-corrected chi connectivity index (χ0v) is 9.02. The molecule has 0 aliphatic carbocycles. The second-order valence-corrected chi connectivity index (χ2v) is 4.59. The van der Waals surface area contributed by atoms with E-state index in [9.17, 15) is 0 Å². The molecule has 0 bridgehead atoms. The third-order valence-electron chi connectivity index (χ3n) is 2.82. The van der Waals surface area contributed by atoms with Gasteiger partial charge in [-0.05, 0) is 34.7 Å². The van der Waals surface area contributed by atoms with Crippen LogP contribution in [0.3, 0.4) is 0 Å². The average Bonchev–Trinajstić information content (AvgIpc) is 2.03. The van der Waals surface area contributed by atoms with Crippen LogP contribution >= 0.6 is 0 Å². The summed E-state index contributed by atoms with van der Waals surface area (Å²) in [6.45, 7) is 9.81. The minimum atomic E-state index is 0.0167. The molecule has 0 radical (unpaired) electrons. The van der Waals surface area contributed by atoms with Crippen molar-refractivity contribution >= 4 is 0 Å². The summed E-state index contributed by atoms with van der Waals surface area (Å²) in [6.07, 6.45) is 0. The van der Waals surface area contributed by atoms with Crippen LogP contribution in [0.4, 0.5) is 0 Å². The van der Waals surface area contributed by atoms with E-state index in [1.165, 1.54) is 0 Å². The largest absolute Gasteiger partial charge is 0.329 e. The van der Waals surface area contributed by atoms with E-state index in [0.717, 1.165) is 0 Å². The monoisotopic (exact) mass is 173 g/mol. The lowest BCUT2D eigenvalue weighted by atomic mass is 9.94. The number of likely N-dealkylation sites (N-methyl/N-ethyl adjacent to an activating group) is 1. The van der Waals surface area contributed by atoms with E-state index in [-0.39, 0.29) is 11.1 Å². The molecule has 0 aliphatic heterocycles. The van der Waals surface area contributed by atoms with Gasteiger partial charge in [0.25, 0.3) is 0 Å². The molecule has 4 N–H and O–H groups in total. The Bertz CT molecular complexity index is 125. The van der Waals surface area contributed by atoms with Crippen molar-refractivity contribution in [2.24, 2.45) is 11.5 Å². The van der Waals surface area contributed by atoms with Gasteiger partial charge in [0.1, 0.15) is 0 Å². The third-order valence-corrected chi connectivity index (χ3v) is 2.82. The average molecular weight is 173 g/mol. The maximum Gasteiger partial charge on any atom is 0.0278 e. The van der Waals surface area contributed by atoms with E-state index in [1.807, 2.05) is 0 Å². The first-order chi connectivity index (χ1) is 5.28. The topological polar surface area (TPSA) is 55.3 Å². The van der Waals surface area contributed by atoms with E-state index in [2.05, 4.69) is 39.6 Å². The van der Waals surface area contributed by atoms with Gasteiger partial charge < -0.3 is 11.5 Å². The normalized spacial score (nSPS) is 14.0. The van der Waals surface area contributed by atoms with E-state index < -0.39 is 0 Å². The molecule has 12 heavy (non-hydrogen) atoms. The Morgan fingerprint density at radius 2 is 1.17 bits per heavy atom. The van der Waals surface area contributed by atoms with Gasteiger partial charge in [0.2, 0.25) is 0 Å². The van der Waals surface area contributed by atoms with Gasteiger partial charge in [0.15, 0.2) is 0 Å². The Hall–Kier alpha value is -0.120. The number of nitrogens with two attached hydrogens (primary N) is 2. The molecule has 0 heterocycles. The SMILES string of the molecule is CN(C(C)(C)CN)C(C)(C)CN. The van der Waals surface area contributed by atoms with Crippen LogP contribution in [0.1, 0.15) is 27.7 Å². The van der Waals surface area contributed by atoms with Crippen molar-refractivity contribution in [1.29, 1.82) is 0 Å². The summed E-state index contributed by atoms with van der Waals surface area (Å²) in [5, 5.41) is 0. The van der Waals surface area contributed by atoms with Crippen LogP contribution in [-0.2, 0) is 0 Å². The minimum absolute atomic E-state index is 0.0167. The first-order valence-electron chi connectivity index (χ1n) is 4.42. The summed E-state index contributed by atoms with van der Waals surface area (Å²) >= 11 is 0. The zero-order valence-electron chi connectivity index (χ0n) is 9.02. The highest BCUT2D eigenvalue weighted by molar-refractivity contribution is 4.91. The van der Waals surface area contributed by atoms with Gasteiger partial charge in [-0.25, -0.2) is 0 Å². The number of hydrogen-bond acceptors (Lipinski definition) is 3. The van der Waals surface area contributed by atoms with Crippen LogP contribution in [-0.4, -0.2) is 36.1 Å². The molecule has 0 spiro atoms. The second kappa shape index (κ2) is 3.73. The molecule has 0 aromatic heterocycles. The number of hydrogen-bond donors (Lipinski definition) is 2. The summed E-state index contributed by atoms with van der Waals surface area (Å²) in [7, 11) is 2.07. The lowest BCUT2D eigenvalue weighted by molar-refractivity contribution is 0.0559. The highest BCUT2D eigenvalue weighted by Crippen LogP contribution is 2.20. The molecule has 3 nitrogen and oxygen atoms in total. The van der Waals surface area contributed by atoms with Gasteiger partial charge in [0, 0.05) is 24.2 Å². The molecule has 0 unspecified atom stereocenters. The van der Waals surface area contributed by atoms with Gasteiger partial charge in [-0.3, -0.25) is 4.90 Å².